The average molecular weight is 617 g/mol. The van der Waals surface area contributed by atoms with Crippen LogP contribution in [0.2, 0.25) is 0 Å². The van der Waals surface area contributed by atoms with Crippen LogP contribution in [0.1, 0.15) is 163 Å². The predicted octanol–water partition coefficient (Wildman–Crippen LogP) is 10.1. The van der Waals surface area contributed by atoms with Crippen molar-refractivity contribution in [2.75, 3.05) is 65.6 Å². The third-order valence-corrected chi connectivity index (χ3v) is 7.76. The van der Waals surface area contributed by atoms with Gasteiger partial charge in [-0.2, -0.15) is 0 Å². The molecule has 0 atom stereocenters. The van der Waals surface area contributed by atoms with Crippen molar-refractivity contribution in [1.82, 2.24) is 19.6 Å². The lowest BCUT2D eigenvalue weighted by Crippen LogP contribution is -2.47. The first kappa shape index (κ1) is 49.7. The number of hydrogen-bond donors (Lipinski definition) is 0. The number of morpholine rings is 1. The second kappa shape index (κ2) is 31.8. The van der Waals surface area contributed by atoms with Crippen LogP contribution in [0.3, 0.4) is 0 Å². The lowest BCUT2D eigenvalue weighted by Gasteiger charge is -2.38. The van der Waals surface area contributed by atoms with Gasteiger partial charge in [0, 0.05) is 36.3 Å². The van der Waals surface area contributed by atoms with Gasteiger partial charge in [-0.05, 0) is 141 Å². The third-order valence-electron chi connectivity index (χ3n) is 7.76. The van der Waals surface area contributed by atoms with Gasteiger partial charge in [-0.1, -0.05) is 61.8 Å². The van der Waals surface area contributed by atoms with Gasteiger partial charge in [-0.25, -0.2) is 0 Å². The molecule has 5 heteroatoms. The Morgan fingerprint density at radius 1 is 0.395 bits per heavy atom. The first-order chi connectivity index (χ1) is 20.3. The highest BCUT2D eigenvalue weighted by Gasteiger charge is 2.23. The molecule has 4 heterocycles. The molecule has 4 rings (SSSR count). The van der Waals surface area contributed by atoms with Crippen molar-refractivity contribution in [3.05, 3.63) is 0 Å². The monoisotopic (exact) mass is 617 g/mol. The van der Waals surface area contributed by atoms with Crippen molar-refractivity contribution in [2.24, 2.45) is 0 Å². The molecule has 0 aromatic rings. The van der Waals surface area contributed by atoms with Crippen LogP contribution in [0.15, 0.2) is 0 Å². The van der Waals surface area contributed by atoms with Crippen LogP contribution in [-0.2, 0) is 4.74 Å². The van der Waals surface area contributed by atoms with E-state index in [1.807, 2.05) is 55.4 Å². The van der Waals surface area contributed by atoms with Gasteiger partial charge in [0.05, 0.1) is 13.2 Å². The minimum absolute atomic E-state index is 0.323. The molecule has 0 bridgehead atoms. The van der Waals surface area contributed by atoms with Gasteiger partial charge in [0.2, 0.25) is 0 Å². The Hall–Kier alpha value is -0.200. The van der Waals surface area contributed by atoms with Gasteiger partial charge in [-0.3, -0.25) is 9.80 Å². The van der Waals surface area contributed by atoms with Gasteiger partial charge < -0.3 is 14.5 Å². The molecule has 5 nitrogen and oxygen atoms in total. The lowest BCUT2D eigenvalue weighted by atomic mass is 10.0. The maximum absolute atomic E-state index is 5.25. The molecule has 4 aliphatic heterocycles. The van der Waals surface area contributed by atoms with Crippen molar-refractivity contribution in [3.8, 4) is 0 Å². The van der Waals surface area contributed by atoms with Crippen molar-refractivity contribution in [2.45, 2.75) is 186 Å². The molecule has 0 aliphatic carbocycles. The van der Waals surface area contributed by atoms with Gasteiger partial charge in [0.25, 0.3) is 0 Å². The molecule has 0 amide bonds. The van der Waals surface area contributed by atoms with E-state index >= 15 is 0 Å². The van der Waals surface area contributed by atoms with E-state index in [2.05, 4.69) is 88.8 Å². The summed E-state index contributed by atoms with van der Waals surface area (Å²) in [5, 5.41) is 0. The number of nitrogens with zero attached hydrogens (tertiary/aromatic N) is 4. The van der Waals surface area contributed by atoms with E-state index in [0.717, 1.165) is 38.4 Å². The number of likely N-dealkylation sites (tertiary alicyclic amines) is 3. The quantitative estimate of drug-likeness (QED) is 0.307. The summed E-state index contributed by atoms with van der Waals surface area (Å²) in [5.74, 6) is 0. The second-order valence-electron chi connectivity index (χ2n) is 13.3. The molecular weight excluding hydrogens is 528 g/mol. The van der Waals surface area contributed by atoms with E-state index in [1.54, 1.807) is 0 Å². The summed E-state index contributed by atoms with van der Waals surface area (Å²) in [6.45, 7) is 50.6. The van der Waals surface area contributed by atoms with Crippen LogP contribution in [0.4, 0.5) is 0 Å². The molecule has 0 aromatic carbocycles. The van der Waals surface area contributed by atoms with Crippen molar-refractivity contribution in [1.29, 1.82) is 0 Å². The van der Waals surface area contributed by atoms with E-state index < -0.39 is 0 Å². The predicted molar refractivity (Wildman–Crippen MR) is 200 cm³/mol. The molecule has 0 spiro atoms. The van der Waals surface area contributed by atoms with E-state index in [-0.39, 0.29) is 0 Å². The highest BCUT2D eigenvalue weighted by molar-refractivity contribution is 4.79. The molecule has 0 radical (unpaired) electrons. The van der Waals surface area contributed by atoms with Gasteiger partial charge >= 0.3 is 0 Å². The molecule has 0 aromatic heterocycles. The Kier molecular flexibility index (Phi) is 36.7. The molecule has 43 heavy (non-hydrogen) atoms. The molecular formula is C38H88N4O. The van der Waals surface area contributed by atoms with Crippen LogP contribution in [0.25, 0.3) is 0 Å². The molecule has 4 aliphatic rings. The maximum atomic E-state index is 5.25. The van der Waals surface area contributed by atoms with Crippen LogP contribution < -0.4 is 0 Å². The average Bonchev–Trinajstić information content (AvgIpc) is 3.53. The first-order valence-electron chi connectivity index (χ1n) is 18.9. The van der Waals surface area contributed by atoms with Crippen LogP contribution in [-0.4, -0.2) is 108 Å². The fraction of sp³-hybridized carbons (Fsp3) is 1.00. The summed E-state index contributed by atoms with van der Waals surface area (Å²) >= 11 is 0. The van der Waals surface area contributed by atoms with Crippen LogP contribution in [0.5, 0.6) is 0 Å². The van der Waals surface area contributed by atoms with E-state index in [9.17, 15) is 0 Å². The number of hydrogen-bond acceptors (Lipinski definition) is 5. The summed E-state index contributed by atoms with van der Waals surface area (Å²) in [4.78, 5) is 10.0. The Morgan fingerprint density at radius 2 is 0.674 bits per heavy atom. The summed E-state index contributed by atoms with van der Waals surface area (Å²) in [6.07, 6.45) is 8.48. The SMILES string of the molecule is CC.CC.CC.CC.CC(C)(C)N1CCCCC1.CC(C)(C)N1CCOCC1.CC(C)N1CCC1.CC(C)N1CCCC1. The normalized spacial score (nSPS) is 19.3. The number of ether oxygens (including phenoxy) is 1. The zero-order valence-electron chi connectivity index (χ0n) is 33.7. The molecule has 266 valence electrons. The molecule has 4 fully saturated rings. The van der Waals surface area contributed by atoms with Crippen LogP contribution >= 0.6 is 0 Å². The van der Waals surface area contributed by atoms with Crippen molar-refractivity contribution >= 4 is 0 Å². The number of rotatable bonds is 2. The Labute approximate surface area is 275 Å². The zero-order valence-corrected chi connectivity index (χ0v) is 33.7. The molecule has 0 unspecified atom stereocenters. The topological polar surface area (TPSA) is 22.2 Å². The Morgan fingerprint density at radius 3 is 0.860 bits per heavy atom. The summed E-state index contributed by atoms with van der Waals surface area (Å²) in [6, 6.07) is 1.56. The lowest BCUT2D eigenvalue weighted by molar-refractivity contribution is -0.00389. The summed E-state index contributed by atoms with van der Waals surface area (Å²) in [5.41, 5.74) is 0.726. The van der Waals surface area contributed by atoms with Gasteiger partial charge in [-0.15, -0.1) is 0 Å². The highest BCUT2D eigenvalue weighted by atomic mass is 16.5. The van der Waals surface area contributed by atoms with E-state index in [4.69, 9.17) is 4.74 Å². The summed E-state index contributed by atoms with van der Waals surface area (Å²) < 4.78 is 5.25. The van der Waals surface area contributed by atoms with E-state index in [1.165, 1.54) is 77.8 Å². The third kappa shape index (κ3) is 27.8. The minimum Gasteiger partial charge on any atom is -0.379 e. The van der Waals surface area contributed by atoms with Crippen LogP contribution in [0, 0.1) is 0 Å². The highest BCUT2D eigenvalue weighted by Crippen LogP contribution is 2.19. The maximum Gasteiger partial charge on any atom is 0.0594 e. The zero-order chi connectivity index (χ0) is 34.5. The van der Waals surface area contributed by atoms with Gasteiger partial charge in [0.15, 0.2) is 0 Å². The minimum atomic E-state index is 0.323. The Balaban J connectivity index is -0.000000220. The largest absolute Gasteiger partial charge is 0.379 e. The molecule has 4 saturated heterocycles. The fourth-order valence-corrected chi connectivity index (χ4v) is 4.91. The van der Waals surface area contributed by atoms with E-state index in [0.29, 0.717) is 11.1 Å². The second-order valence-corrected chi connectivity index (χ2v) is 13.3. The smallest absolute Gasteiger partial charge is 0.0594 e. The first-order valence-corrected chi connectivity index (χ1v) is 18.9. The standard InChI is InChI=1S/C9H19N.C8H17NO.C7H15N.C6H13N.4C2H6/c1-9(2,3)10-7-5-4-6-8-10;1-8(2,3)9-4-6-10-7-5-9;1-7(2)8-5-3-4-6-8;1-6(2)7-4-3-5-7;4*1-2/h4-8H2,1-3H3;4-7H2,1-3H3;7H,3-6H2,1-2H3;6H,3-5H2,1-2H3;4*1-2H3. The Bertz CT molecular complexity index is 475. The van der Waals surface area contributed by atoms with Crippen molar-refractivity contribution < 1.29 is 4.74 Å². The van der Waals surface area contributed by atoms with Gasteiger partial charge in [0.1, 0.15) is 0 Å². The molecule has 0 N–H and O–H groups in total. The van der Waals surface area contributed by atoms with Crippen molar-refractivity contribution in [3.63, 3.8) is 0 Å². The molecule has 0 saturated carbocycles. The fourth-order valence-electron chi connectivity index (χ4n) is 4.91. The number of piperidine rings is 1. The summed E-state index contributed by atoms with van der Waals surface area (Å²) in [7, 11) is 0.